The molecule has 73 valence electrons. The minimum atomic E-state index is -1.35. The fourth-order valence-electron chi connectivity index (χ4n) is 0.529. The second-order valence-corrected chi connectivity index (χ2v) is 4.64. The van der Waals surface area contributed by atoms with Crippen LogP contribution in [0.5, 0.6) is 0 Å². The number of hydrogen-bond acceptors (Lipinski definition) is 2. The molecule has 12 heavy (non-hydrogen) atoms. The topological polar surface area (TPSA) is 41.2 Å². The lowest BCUT2D eigenvalue weighted by Crippen LogP contribution is -2.24. The van der Waals surface area contributed by atoms with Gasteiger partial charge in [-0.25, -0.2) is 5.11 Å². The molecular formula is C6H11Cl3NO2. The summed E-state index contributed by atoms with van der Waals surface area (Å²) >= 11 is 16.2. The summed E-state index contributed by atoms with van der Waals surface area (Å²) < 4.78 is 3.64. The molecule has 0 aromatic rings. The molecule has 0 aliphatic carbocycles. The SMILES string of the molecule is [O]CCNCCOCC(Cl)(Cl)Cl. The summed E-state index contributed by atoms with van der Waals surface area (Å²) in [5.41, 5.74) is 0. The number of halogens is 3. The first kappa shape index (κ1) is 12.8. The number of hydrogen-bond donors (Lipinski definition) is 1. The predicted molar refractivity (Wildman–Crippen MR) is 49.5 cm³/mol. The van der Waals surface area contributed by atoms with E-state index in [2.05, 4.69) is 5.32 Å². The van der Waals surface area contributed by atoms with Crippen molar-refractivity contribution < 1.29 is 9.84 Å². The molecule has 0 saturated heterocycles. The van der Waals surface area contributed by atoms with E-state index in [0.29, 0.717) is 19.7 Å². The minimum absolute atomic E-state index is 0.0662. The molecule has 6 heteroatoms. The summed E-state index contributed by atoms with van der Waals surface area (Å²) in [5.74, 6) is 0. The van der Waals surface area contributed by atoms with Crippen LogP contribution in [0, 0.1) is 0 Å². The van der Waals surface area contributed by atoms with E-state index in [1.54, 1.807) is 0 Å². The van der Waals surface area contributed by atoms with Gasteiger partial charge in [0.25, 0.3) is 0 Å². The molecule has 0 spiro atoms. The van der Waals surface area contributed by atoms with E-state index in [-0.39, 0.29) is 13.2 Å². The quantitative estimate of drug-likeness (QED) is 0.558. The van der Waals surface area contributed by atoms with Crippen LogP contribution in [0.25, 0.3) is 0 Å². The molecule has 1 radical (unpaired) electrons. The fourth-order valence-corrected chi connectivity index (χ4v) is 0.761. The van der Waals surface area contributed by atoms with Crippen molar-refractivity contribution in [3.05, 3.63) is 0 Å². The van der Waals surface area contributed by atoms with Crippen molar-refractivity contribution in [1.82, 2.24) is 5.32 Å². The van der Waals surface area contributed by atoms with Crippen molar-refractivity contribution in [2.24, 2.45) is 0 Å². The third-order valence-corrected chi connectivity index (χ3v) is 1.30. The highest BCUT2D eigenvalue weighted by Gasteiger charge is 2.18. The molecule has 0 aromatic carbocycles. The van der Waals surface area contributed by atoms with E-state index in [1.165, 1.54) is 0 Å². The third kappa shape index (κ3) is 10.8. The van der Waals surface area contributed by atoms with Gasteiger partial charge in [0.2, 0.25) is 3.79 Å². The van der Waals surface area contributed by atoms with Gasteiger partial charge < -0.3 is 10.1 Å². The van der Waals surface area contributed by atoms with Gasteiger partial charge >= 0.3 is 0 Å². The summed E-state index contributed by atoms with van der Waals surface area (Å²) in [5, 5.41) is 12.8. The molecule has 0 aromatic heterocycles. The molecule has 0 aliphatic rings. The lowest BCUT2D eigenvalue weighted by Gasteiger charge is -2.10. The van der Waals surface area contributed by atoms with Gasteiger partial charge in [0.05, 0.1) is 19.8 Å². The molecular weight excluding hydrogens is 224 g/mol. The molecule has 0 atom stereocenters. The monoisotopic (exact) mass is 234 g/mol. The number of ether oxygens (including phenoxy) is 1. The second kappa shape index (κ2) is 7.18. The molecule has 0 saturated carbocycles. The minimum Gasteiger partial charge on any atom is -0.376 e. The molecule has 0 fully saturated rings. The summed E-state index contributed by atoms with van der Waals surface area (Å²) in [7, 11) is 0. The van der Waals surface area contributed by atoms with Crippen LogP contribution in [-0.4, -0.2) is 36.7 Å². The van der Waals surface area contributed by atoms with E-state index in [9.17, 15) is 5.11 Å². The molecule has 0 bridgehead atoms. The van der Waals surface area contributed by atoms with E-state index in [0.717, 1.165) is 0 Å². The molecule has 0 amide bonds. The Hall–Kier alpha value is 0.750. The second-order valence-electron chi connectivity index (χ2n) is 2.12. The molecule has 0 unspecified atom stereocenters. The van der Waals surface area contributed by atoms with E-state index in [1.807, 2.05) is 0 Å². The first-order chi connectivity index (χ1) is 5.56. The highest BCUT2D eigenvalue weighted by molar-refractivity contribution is 6.67. The summed E-state index contributed by atoms with van der Waals surface area (Å²) in [4.78, 5) is 0. The van der Waals surface area contributed by atoms with Crippen LogP contribution in [0.1, 0.15) is 0 Å². The standard InChI is InChI=1S/C6H11Cl3NO2/c7-6(8,9)5-12-4-2-10-1-3-11/h10H,1-5H2. The van der Waals surface area contributed by atoms with Crippen molar-refractivity contribution in [2.75, 3.05) is 32.9 Å². The van der Waals surface area contributed by atoms with Gasteiger partial charge in [-0.1, -0.05) is 34.8 Å². The van der Waals surface area contributed by atoms with Gasteiger partial charge in [-0.15, -0.1) is 0 Å². The summed E-state index contributed by atoms with van der Waals surface area (Å²) in [6.07, 6.45) is 0. The summed E-state index contributed by atoms with van der Waals surface area (Å²) in [6, 6.07) is 0. The molecule has 0 rings (SSSR count). The Bertz CT molecular complexity index is 107. The number of alkyl halides is 3. The van der Waals surface area contributed by atoms with Crippen molar-refractivity contribution in [1.29, 1.82) is 0 Å². The van der Waals surface area contributed by atoms with Crippen LogP contribution in [0.2, 0.25) is 0 Å². The maximum Gasteiger partial charge on any atom is 0.213 e. The fraction of sp³-hybridized carbons (Fsp3) is 1.00. The number of nitrogens with one attached hydrogen (secondary N) is 1. The smallest absolute Gasteiger partial charge is 0.213 e. The first-order valence-corrected chi connectivity index (χ1v) is 4.63. The van der Waals surface area contributed by atoms with Gasteiger partial charge in [0.15, 0.2) is 0 Å². The lowest BCUT2D eigenvalue weighted by molar-refractivity contribution is 0.136. The van der Waals surface area contributed by atoms with Crippen LogP contribution in [0.4, 0.5) is 0 Å². The lowest BCUT2D eigenvalue weighted by atomic mass is 10.6. The Balaban J connectivity index is 3.01. The normalized spacial score (nSPS) is 12.0. The Kier molecular flexibility index (Phi) is 7.63. The van der Waals surface area contributed by atoms with Crippen molar-refractivity contribution in [3.8, 4) is 0 Å². The highest BCUT2D eigenvalue weighted by Crippen LogP contribution is 2.25. The van der Waals surface area contributed by atoms with Crippen LogP contribution >= 0.6 is 34.8 Å². The maximum atomic E-state index is 9.96. The van der Waals surface area contributed by atoms with Crippen LogP contribution < -0.4 is 5.32 Å². The average Bonchev–Trinajstić information content (AvgIpc) is 1.94. The largest absolute Gasteiger partial charge is 0.376 e. The average molecular weight is 236 g/mol. The predicted octanol–water partition coefficient (Wildman–Crippen LogP) is 1.39. The zero-order valence-electron chi connectivity index (χ0n) is 6.49. The zero-order valence-corrected chi connectivity index (χ0v) is 8.75. The first-order valence-electron chi connectivity index (χ1n) is 3.49. The third-order valence-electron chi connectivity index (χ3n) is 0.968. The zero-order chi connectivity index (χ0) is 9.45. The van der Waals surface area contributed by atoms with Crippen LogP contribution in [0.3, 0.4) is 0 Å². The Morgan fingerprint density at radius 3 is 2.42 bits per heavy atom. The molecule has 0 aliphatic heterocycles. The van der Waals surface area contributed by atoms with Crippen LogP contribution in [-0.2, 0) is 9.84 Å². The van der Waals surface area contributed by atoms with Crippen molar-refractivity contribution >= 4 is 34.8 Å². The molecule has 0 heterocycles. The highest BCUT2D eigenvalue weighted by atomic mass is 35.6. The Labute approximate surface area is 86.9 Å². The Morgan fingerprint density at radius 1 is 1.25 bits per heavy atom. The van der Waals surface area contributed by atoms with Crippen LogP contribution in [0.15, 0.2) is 0 Å². The van der Waals surface area contributed by atoms with E-state index >= 15 is 0 Å². The van der Waals surface area contributed by atoms with E-state index in [4.69, 9.17) is 39.5 Å². The van der Waals surface area contributed by atoms with Gasteiger partial charge in [0, 0.05) is 13.1 Å². The van der Waals surface area contributed by atoms with Gasteiger partial charge in [-0.05, 0) is 0 Å². The molecule has 3 nitrogen and oxygen atoms in total. The van der Waals surface area contributed by atoms with Crippen molar-refractivity contribution in [2.45, 2.75) is 3.79 Å². The maximum absolute atomic E-state index is 9.96. The Morgan fingerprint density at radius 2 is 1.92 bits per heavy atom. The van der Waals surface area contributed by atoms with Gasteiger partial charge in [-0.3, -0.25) is 0 Å². The van der Waals surface area contributed by atoms with Crippen molar-refractivity contribution in [3.63, 3.8) is 0 Å². The number of rotatable bonds is 6. The van der Waals surface area contributed by atoms with E-state index < -0.39 is 3.79 Å². The summed E-state index contributed by atoms with van der Waals surface area (Å²) in [6.45, 7) is 1.41. The van der Waals surface area contributed by atoms with Gasteiger partial charge in [-0.2, -0.15) is 0 Å². The molecule has 1 N–H and O–H groups in total. The van der Waals surface area contributed by atoms with Gasteiger partial charge in [0.1, 0.15) is 0 Å².